The van der Waals surface area contributed by atoms with E-state index in [4.69, 9.17) is 5.73 Å². The van der Waals surface area contributed by atoms with Gasteiger partial charge in [-0.3, -0.25) is 4.79 Å². The van der Waals surface area contributed by atoms with E-state index in [-0.39, 0.29) is 0 Å². The molecule has 0 saturated heterocycles. The standard InChI is InChI=1S/C6H6N2OS2/c7-6(9)5-3-1-2-4-8-11-10-5/h1-4H,(H2,7,9). The van der Waals surface area contributed by atoms with E-state index < -0.39 is 5.91 Å². The van der Waals surface area contributed by atoms with Crippen LogP contribution in [0.15, 0.2) is 24.4 Å². The molecule has 3 nitrogen and oxygen atoms in total. The molecule has 58 valence electrons. The number of amides is 1. The number of primary amides is 1. The molecule has 0 atom stereocenters. The Hall–Kier alpha value is -0.940. The van der Waals surface area contributed by atoms with Gasteiger partial charge in [-0.25, -0.2) is 0 Å². The summed E-state index contributed by atoms with van der Waals surface area (Å²) in [6.07, 6.45) is 1.66. The minimum absolute atomic E-state index is 0.413. The summed E-state index contributed by atoms with van der Waals surface area (Å²) in [6, 6.07) is 5.15. The lowest BCUT2D eigenvalue weighted by Gasteiger charge is -1.85. The summed E-state index contributed by atoms with van der Waals surface area (Å²) in [7, 11) is 2.49. The molecule has 1 amide bonds. The van der Waals surface area contributed by atoms with Crippen molar-refractivity contribution < 1.29 is 4.79 Å². The Morgan fingerprint density at radius 1 is 1.55 bits per heavy atom. The summed E-state index contributed by atoms with van der Waals surface area (Å²) in [6.45, 7) is 0. The average molecular weight is 186 g/mol. The second-order valence-corrected chi connectivity index (χ2v) is 3.61. The Labute approximate surface area is 71.4 Å². The third-order valence-corrected chi connectivity index (χ3v) is 2.74. The number of nitrogens with two attached hydrogens (primary N) is 1. The first-order chi connectivity index (χ1) is 5.30. The van der Waals surface area contributed by atoms with Crippen molar-refractivity contribution in [2.75, 3.05) is 0 Å². The average Bonchev–Trinajstić information content (AvgIpc) is 1.84. The van der Waals surface area contributed by atoms with Crippen LogP contribution in [0.25, 0.3) is 0 Å². The summed E-state index contributed by atoms with van der Waals surface area (Å²) >= 11 is 0. The maximum atomic E-state index is 10.7. The highest BCUT2D eigenvalue weighted by Crippen LogP contribution is 2.05. The molecule has 0 aromatic carbocycles. The molecule has 0 bridgehead atoms. The van der Waals surface area contributed by atoms with Gasteiger partial charge in [0.2, 0.25) is 0 Å². The molecule has 0 radical (unpaired) electrons. The van der Waals surface area contributed by atoms with Gasteiger partial charge in [-0.15, -0.1) is 0 Å². The van der Waals surface area contributed by atoms with Gasteiger partial charge in [-0.2, -0.15) is 4.37 Å². The van der Waals surface area contributed by atoms with Gasteiger partial charge in [-0.1, -0.05) is 16.4 Å². The van der Waals surface area contributed by atoms with E-state index >= 15 is 0 Å². The highest BCUT2D eigenvalue weighted by molar-refractivity contribution is 7.66. The van der Waals surface area contributed by atoms with E-state index in [1.165, 1.54) is 20.9 Å². The summed E-state index contributed by atoms with van der Waals surface area (Å²) in [5.41, 5.74) is 5.06. The number of carbonyl (C=O) groups is 1. The number of nitrogens with zero attached hydrogens (tertiary/aromatic N) is 1. The summed E-state index contributed by atoms with van der Waals surface area (Å²) in [5.74, 6) is -0.413. The lowest BCUT2D eigenvalue weighted by atomic mass is 10.4. The molecule has 1 aromatic heterocycles. The topological polar surface area (TPSA) is 56.0 Å². The van der Waals surface area contributed by atoms with Crippen LogP contribution >= 0.6 is 20.9 Å². The predicted octanol–water partition coefficient (Wildman–Crippen LogP) is 1.43. The Morgan fingerprint density at radius 3 is 3.09 bits per heavy atom. The normalized spacial score (nSPS) is 8.73. The molecule has 11 heavy (non-hydrogen) atoms. The van der Waals surface area contributed by atoms with E-state index in [2.05, 4.69) is 4.37 Å². The molecular formula is C6H6N2OS2. The lowest BCUT2D eigenvalue weighted by molar-refractivity contribution is 0.100. The third kappa shape index (κ3) is 2.65. The van der Waals surface area contributed by atoms with Crippen LogP contribution in [0.1, 0.15) is 9.67 Å². The second-order valence-electron chi connectivity index (χ2n) is 1.69. The zero-order valence-corrected chi connectivity index (χ0v) is 7.19. The monoisotopic (exact) mass is 186 g/mol. The molecule has 0 aliphatic carbocycles. The first kappa shape index (κ1) is 8.16. The van der Waals surface area contributed by atoms with E-state index in [0.717, 1.165) is 0 Å². The largest absolute Gasteiger partial charge is 0.365 e. The molecular weight excluding hydrogens is 180 g/mol. The molecule has 1 rings (SSSR count). The number of rotatable bonds is 1. The van der Waals surface area contributed by atoms with Crippen molar-refractivity contribution in [1.82, 2.24) is 4.37 Å². The van der Waals surface area contributed by atoms with Crippen LogP contribution in [0.3, 0.4) is 0 Å². The van der Waals surface area contributed by atoms with Crippen LogP contribution in [0.2, 0.25) is 0 Å². The van der Waals surface area contributed by atoms with Gasteiger partial charge in [0.15, 0.2) is 0 Å². The van der Waals surface area contributed by atoms with Crippen molar-refractivity contribution >= 4 is 26.8 Å². The predicted molar refractivity (Wildman–Crippen MR) is 46.1 cm³/mol. The fraction of sp³-hybridized carbons (Fsp3) is 0. The summed E-state index contributed by atoms with van der Waals surface area (Å²) in [4.78, 5) is 11.2. The molecule has 1 aromatic rings. The van der Waals surface area contributed by atoms with Crippen LogP contribution < -0.4 is 5.73 Å². The molecule has 0 spiro atoms. The molecule has 0 fully saturated rings. The lowest BCUT2D eigenvalue weighted by Crippen LogP contribution is -2.08. The number of aromatic nitrogens is 1. The van der Waals surface area contributed by atoms with Crippen LogP contribution in [0, 0.1) is 0 Å². The Bertz CT molecular complexity index is 271. The Kier molecular flexibility index (Phi) is 3.00. The van der Waals surface area contributed by atoms with E-state index in [1.807, 2.05) is 0 Å². The van der Waals surface area contributed by atoms with Crippen LogP contribution in [-0.2, 0) is 0 Å². The van der Waals surface area contributed by atoms with Gasteiger partial charge in [-0.05, 0) is 12.1 Å². The highest BCUT2D eigenvalue weighted by atomic mass is 32.9. The molecule has 2 N–H and O–H groups in total. The zero-order chi connectivity index (χ0) is 8.10. The van der Waals surface area contributed by atoms with Crippen molar-refractivity contribution in [3.63, 3.8) is 0 Å². The van der Waals surface area contributed by atoms with E-state index in [1.54, 1.807) is 24.4 Å². The molecule has 0 aliphatic heterocycles. The molecule has 0 aliphatic rings. The zero-order valence-electron chi connectivity index (χ0n) is 5.56. The molecule has 0 saturated carbocycles. The minimum Gasteiger partial charge on any atom is -0.365 e. The van der Waals surface area contributed by atoms with E-state index in [9.17, 15) is 4.79 Å². The molecule has 1 heterocycles. The van der Waals surface area contributed by atoms with Gasteiger partial charge in [0, 0.05) is 16.7 Å². The van der Waals surface area contributed by atoms with E-state index in [0.29, 0.717) is 4.88 Å². The van der Waals surface area contributed by atoms with Crippen molar-refractivity contribution in [2.45, 2.75) is 0 Å². The summed E-state index contributed by atoms with van der Waals surface area (Å²) in [5, 5.41) is 0. The van der Waals surface area contributed by atoms with Crippen molar-refractivity contribution in [1.29, 1.82) is 0 Å². The number of hydrogen-bond acceptors (Lipinski definition) is 4. The maximum Gasteiger partial charge on any atom is 0.259 e. The number of carbonyl (C=O) groups excluding carboxylic acids is 1. The second kappa shape index (κ2) is 4.05. The van der Waals surface area contributed by atoms with Gasteiger partial charge in [0.25, 0.3) is 5.91 Å². The van der Waals surface area contributed by atoms with Gasteiger partial charge >= 0.3 is 0 Å². The van der Waals surface area contributed by atoms with Gasteiger partial charge in [0.05, 0.1) is 0 Å². The smallest absolute Gasteiger partial charge is 0.259 e. The third-order valence-electron chi connectivity index (χ3n) is 0.919. The van der Waals surface area contributed by atoms with Crippen LogP contribution in [0.4, 0.5) is 0 Å². The Balaban J connectivity index is 3.12. The minimum atomic E-state index is -0.413. The van der Waals surface area contributed by atoms with Crippen LogP contribution in [-0.4, -0.2) is 10.3 Å². The maximum absolute atomic E-state index is 10.7. The quantitative estimate of drug-likeness (QED) is 0.674. The van der Waals surface area contributed by atoms with Crippen molar-refractivity contribution in [3.05, 3.63) is 29.3 Å². The van der Waals surface area contributed by atoms with Gasteiger partial charge < -0.3 is 5.73 Å². The SMILES string of the molecule is NC(=O)c1ccccnss1. The van der Waals surface area contributed by atoms with Gasteiger partial charge in [0.1, 0.15) is 4.88 Å². The fourth-order valence-corrected chi connectivity index (χ4v) is 1.86. The molecule has 5 heteroatoms. The van der Waals surface area contributed by atoms with Crippen LogP contribution in [0.5, 0.6) is 0 Å². The van der Waals surface area contributed by atoms with Crippen molar-refractivity contribution in [3.8, 4) is 0 Å². The fourth-order valence-electron chi connectivity index (χ4n) is 0.465. The number of hydrogen-bond donors (Lipinski definition) is 1. The summed E-state index contributed by atoms with van der Waals surface area (Å²) < 4.78 is 3.88. The molecule has 0 unspecified atom stereocenters. The highest BCUT2D eigenvalue weighted by Gasteiger charge is 1.95. The Morgan fingerprint density at radius 2 is 2.36 bits per heavy atom. The first-order valence-corrected chi connectivity index (χ1v) is 4.95. The van der Waals surface area contributed by atoms with Crippen molar-refractivity contribution in [2.24, 2.45) is 5.73 Å². The first-order valence-electron chi connectivity index (χ1n) is 2.84.